The third-order valence-corrected chi connectivity index (χ3v) is 25.9. The van der Waals surface area contributed by atoms with Crippen molar-refractivity contribution in [3.63, 3.8) is 0 Å². The topological polar surface area (TPSA) is 276 Å². The number of hydrogen-bond donors (Lipinski definition) is 4. The van der Waals surface area contributed by atoms with Gasteiger partial charge in [0.05, 0.1) is 55.5 Å². The standard InChI is InChI=1S/C17H30O6.2C14H22.5C10H14.C8H16O3.C7H15NO2.C5H9N.2C5H10O2/c1-3-14(2)17(21)23-13-9-5-7-11-16(20)22-12-8-4-6-10-15(18)19;2*1-5-11(3)13-7-9-14(10-8-13)12(4)6-2;5*1-3-9(2)10-7-5-4-6-8-10;1-4-7(2)8(9)11-6-5-10-3;1-3-6(2)7(9)10-5-4-8;1-3-5(2)4-6;2*1-3-4(2)5(6)7/h14H,3-13H2,1-2H3,(H,18,19);2*7-12H,5-6H2,1-4H3;5*4-9H,3H2,1-2H3;7H,4-6H2,1-3H3;6H,3-5,8H2,1-2H3;5H,3H2,1-2H3;2*4H,3H2,1-2H3,(H,6,7). The summed E-state index contributed by atoms with van der Waals surface area (Å²) in [4.78, 5) is 74.9. The Morgan fingerprint density at radius 1 is 0.261 bits per heavy atom. The van der Waals surface area contributed by atoms with Gasteiger partial charge in [0, 0.05) is 32.4 Å². The van der Waals surface area contributed by atoms with E-state index in [0.29, 0.717) is 112 Å². The molecule has 0 spiro atoms. The zero-order valence-electron chi connectivity index (χ0n) is 95.0. The molecule has 15 unspecified atom stereocenters. The van der Waals surface area contributed by atoms with Crippen LogP contribution in [0.5, 0.6) is 0 Å². The third-order valence-electron chi connectivity index (χ3n) is 25.9. The van der Waals surface area contributed by atoms with Crippen molar-refractivity contribution in [3.05, 3.63) is 250 Å². The summed E-state index contributed by atoms with van der Waals surface area (Å²) in [7, 11) is 1.58. The average molecular weight is 1980 g/mol. The van der Waals surface area contributed by atoms with Gasteiger partial charge in [-0.2, -0.15) is 5.26 Å². The summed E-state index contributed by atoms with van der Waals surface area (Å²) in [5.74, 6) is 3.30. The molecule has 7 aromatic rings. The van der Waals surface area contributed by atoms with E-state index < -0.39 is 17.9 Å². The van der Waals surface area contributed by atoms with E-state index in [9.17, 15) is 33.6 Å². The molecule has 7 aromatic carbocycles. The van der Waals surface area contributed by atoms with E-state index in [1.807, 2.05) is 69.2 Å². The fourth-order valence-electron chi connectivity index (χ4n) is 11.6. The van der Waals surface area contributed by atoms with Crippen molar-refractivity contribution in [1.82, 2.24) is 0 Å². The number of nitrogens with two attached hydrogens (primary N) is 1. The minimum atomic E-state index is -0.795. The minimum Gasteiger partial charge on any atom is -0.481 e. The van der Waals surface area contributed by atoms with Gasteiger partial charge in [-0.25, -0.2) is 0 Å². The zero-order valence-corrected chi connectivity index (χ0v) is 95.0. The lowest BCUT2D eigenvalue weighted by atomic mass is 9.93. The van der Waals surface area contributed by atoms with Crippen molar-refractivity contribution in [1.29, 1.82) is 5.26 Å². The van der Waals surface area contributed by atoms with Crippen LogP contribution in [-0.2, 0) is 57.2 Å². The van der Waals surface area contributed by atoms with Gasteiger partial charge in [0.15, 0.2) is 0 Å². The second-order valence-corrected chi connectivity index (χ2v) is 37.4. The number of nitrogens with zero attached hydrogens (tertiary/aromatic N) is 1. The Morgan fingerprint density at radius 2 is 0.472 bits per heavy atom. The molecule has 15 atom stereocenters. The van der Waals surface area contributed by atoms with Crippen LogP contribution in [-0.4, -0.2) is 104 Å². The first-order valence-corrected chi connectivity index (χ1v) is 54.0. The van der Waals surface area contributed by atoms with E-state index in [2.05, 4.69) is 331 Å². The van der Waals surface area contributed by atoms with E-state index in [1.165, 1.54) is 108 Å². The molecule has 0 amide bonds. The van der Waals surface area contributed by atoms with Crippen molar-refractivity contribution in [2.24, 2.45) is 41.2 Å². The number of ether oxygens (including phenoxy) is 5. The van der Waals surface area contributed by atoms with E-state index in [1.54, 1.807) is 21.0 Å². The largest absolute Gasteiger partial charge is 0.481 e. The first-order chi connectivity index (χ1) is 67.7. The van der Waals surface area contributed by atoms with Gasteiger partial charge in [-0.3, -0.25) is 33.6 Å². The van der Waals surface area contributed by atoms with Crippen molar-refractivity contribution >= 4 is 41.8 Å². The van der Waals surface area contributed by atoms with Gasteiger partial charge in [0.2, 0.25) is 0 Å². The number of carboxylic acids is 3. The molecular formula is C125H204N2O15. The van der Waals surface area contributed by atoms with Crippen LogP contribution in [0.3, 0.4) is 0 Å². The number of nitriles is 1. The van der Waals surface area contributed by atoms with Crippen LogP contribution in [0.4, 0.5) is 0 Å². The number of carbonyl (C=O) groups is 7. The molecule has 0 aliphatic heterocycles. The highest BCUT2D eigenvalue weighted by molar-refractivity contribution is 5.73. The van der Waals surface area contributed by atoms with E-state index in [-0.39, 0.29) is 65.8 Å². The molecule has 0 fully saturated rings. The fraction of sp³-hybridized carbons (Fsp3) is 0.600. The molecule has 0 heterocycles. The SMILES string of the molecule is CCC(C)C#N.CCC(C)C(=O)O.CCC(C)C(=O)O.CCC(C)C(=O)OCCCCCC(=O)OCCCCCC(=O)O.CCC(C)C(=O)OCCN.CCC(C)C(=O)OCCOC.CCC(C)c1ccc(C(C)CC)cc1.CCC(C)c1ccc(C(C)CC)cc1.CCC(C)c1ccccc1.CCC(C)c1ccccc1.CCC(C)c1ccccc1.CCC(C)c1ccccc1.CCC(C)c1ccccc1. The molecule has 0 bridgehead atoms. The Hall–Kier alpha value is -9.76. The van der Waals surface area contributed by atoms with Gasteiger partial charge < -0.3 is 44.7 Å². The second kappa shape index (κ2) is 97.3. The normalized spacial score (nSPS) is 13.2. The van der Waals surface area contributed by atoms with E-state index >= 15 is 0 Å². The number of hydrogen-bond acceptors (Lipinski definition) is 14. The molecule has 0 radical (unpaired) electrons. The van der Waals surface area contributed by atoms with Gasteiger partial charge in [0.25, 0.3) is 0 Å². The molecule has 804 valence electrons. The number of aliphatic carboxylic acids is 3. The molecule has 7 rings (SSSR count). The first kappa shape index (κ1) is 143. The van der Waals surface area contributed by atoms with Gasteiger partial charge in [-0.1, -0.05) is 401 Å². The van der Waals surface area contributed by atoms with Gasteiger partial charge in [-0.15, -0.1) is 0 Å². The smallest absolute Gasteiger partial charge is 0.308 e. The summed E-state index contributed by atoms with van der Waals surface area (Å²) in [5, 5.41) is 32.9. The highest BCUT2D eigenvalue weighted by atomic mass is 16.6. The van der Waals surface area contributed by atoms with Gasteiger partial charge >= 0.3 is 41.8 Å². The lowest BCUT2D eigenvalue weighted by Gasteiger charge is -2.12. The summed E-state index contributed by atoms with van der Waals surface area (Å²) in [6.07, 6.45) is 20.8. The molecule has 0 aromatic heterocycles. The molecule has 0 saturated carbocycles. The van der Waals surface area contributed by atoms with Gasteiger partial charge in [-0.05, 0) is 245 Å². The predicted octanol–water partition coefficient (Wildman–Crippen LogP) is 34.3. The maximum atomic E-state index is 11.5. The number of carboxylic acid groups (broad SMARTS) is 3. The highest BCUT2D eigenvalue weighted by Crippen LogP contribution is 2.27. The monoisotopic (exact) mass is 1970 g/mol. The molecule has 17 nitrogen and oxygen atoms in total. The van der Waals surface area contributed by atoms with Crippen LogP contribution in [0.25, 0.3) is 0 Å². The maximum Gasteiger partial charge on any atom is 0.308 e. The average Bonchev–Trinajstić information content (AvgIpc) is 0.877. The lowest BCUT2D eigenvalue weighted by Crippen LogP contribution is -2.18. The molecule has 5 N–H and O–H groups in total. The molecule has 0 aliphatic carbocycles. The van der Waals surface area contributed by atoms with Crippen molar-refractivity contribution in [2.75, 3.05) is 46.7 Å². The lowest BCUT2D eigenvalue weighted by molar-refractivity contribution is -0.149. The number of methoxy groups -OCH3 is 1. The van der Waals surface area contributed by atoms with Crippen LogP contribution >= 0.6 is 0 Å². The Bertz CT molecular complexity index is 3690. The number of rotatable bonds is 46. The molecule has 142 heavy (non-hydrogen) atoms. The van der Waals surface area contributed by atoms with E-state index in [0.717, 1.165) is 64.2 Å². The number of esters is 4. The first-order valence-electron chi connectivity index (χ1n) is 54.0. The van der Waals surface area contributed by atoms with Crippen LogP contribution in [0, 0.1) is 46.8 Å². The molecular weight excluding hydrogens is 1770 g/mol. The quantitative estimate of drug-likeness (QED) is 0.0157. The van der Waals surface area contributed by atoms with Crippen LogP contribution in [0.2, 0.25) is 0 Å². The summed E-state index contributed by atoms with van der Waals surface area (Å²) < 4.78 is 24.6. The number of unbranched alkanes of at least 4 members (excludes halogenated alkanes) is 4. The van der Waals surface area contributed by atoms with Crippen LogP contribution in [0.1, 0.15) is 459 Å². The Labute approximate surface area is 867 Å². The maximum absolute atomic E-state index is 11.5. The van der Waals surface area contributed by atoms with Crippen LogP contribution < -0.4 is 5.73 Å². The second-order valence-electron chi connectivity index (χ2n) is 37.4. The Balaban J connectivity index is -0.000000358. The van der Waals surface area contributed by atoms with Crippen molar-refractivity contribution in [3.8, 4) is 6.07 Å². The molecule has 0 aliphatic rings. The minimum absolute atomic E-state index is 0.00606. The van der Waals surface area contributed by atoms with Crippen LogP contribution in [0.15, 0.2) is 200 Å². The summed E-state index contributed by atoms with van der Waals surface area (Å²) >= 11 is 0. The highest BCUT2D eigenvalue weighted by Gasteiger charge is 2.16. The Morgan fingerprint density at radius 3 is 0.648 bits per heavy atom. The fourth-order valence-corrected chi connectivity index (χ4v) is 11.6. The summed E-state index contributed by atoms with van der Waals surface area (Å²) in [6, 6.07) is 73.6. The third kappa shape index (κ3) is 79.7. The van der Waals surface area contributed by atoms with Crippen molar-refractivity contribution in [2.45, 2.75) is 409 Å². The van der Waals surface area contributed by atoms with Crippen molar-refractivity contribution < 1.29 is 72.6 Å². The Kier molecular flexibility index (Phi) is 98.0. The molecule has 0 saturated heterocycles. The summed E-state index contributed by atoms with van der Waals surface area (Å²) in [5.41, 5.74) is 18.3. The number of carbonyl (C=O) groups excluding carboxylic acids is 4. The zero-order chi connectivity index (χ0) is 109. The number of benzene rings is 7. The van der Waals surface area contributed by atoms with Gasteiger partial charge in [0.1, 0.15) is 13.2 Å². The predicted molar refractivity (Wildman–Crippen MR) is 600 cm³/mol. The summed E-state index contributed by atoms with van der Waals surface area (Å²) in [6.45, 7) is 65.3. The van der Waals surface area contributed by atoms with E-state index in [4.69, 9.17) is 50.0 Å². The molecule has 17 heteroatoms.